The predicted molar refractivity (Wildman–Crippen MR) is 116 cm³/mol. The van der Waals surface area contributed by atoms with Gasteiger partial charge >= 0.3 is 18.0 Å². The topological polar surface area (TPSA) is 116 Å². The normalized spacial score (nSPS) is 10.3. The molecule has 4 rings (SSSR count). The molecule has 0 bridgehead atoms. The van der Waals surface area contributed by atoms with Crippen LogP contribution < -0.4 is 19.5 Å². The number of methoxy groups -OCH3 is 1. The maximum Gasteiger partial charge on any atom is 0.335 e. The van der Waals surface area contributed by atoms with Crippen LogP contribution in [-0.2, 0) is 0 Å². The number of nitrogens with zero attached hydrogens (tertiary/aromatic N) is 3. The molecule has 0 fully saturated rings. The Morgan fingerprint density at radius 2 is 1.41 bits per heavy atom. The van der Waals surface area contributed by atoms with E-state index >= 15 is 0 Å². The summed E-state index contributed by atoms with van der Waals surface area (Å²) in [6.45, 7) is 0. The highest BCUT2D eigenvalue weighted by Gasteiger charge is 2.12. The van der Waals surface area contributed by atoms with Gasteiger partial charge in [0.25, 0.3) is 0 Å². The number of hydrogen-bond donors (Lipinski definition) is 2. The molecule has 9 nitrogen and oxygen atoms in total. The van der Waals surface area contributed by atoms with Crippen LogP contribution in [0.4, 0.5) is 11.6 Å². The zero-order valence-electron chi connectivity index (χ0n) is 16.9. The minimum atomic E-state index is -1.04. The molecule has 0 saturated carbocycles. The van der Waals surface area contributed by atoms with E-state index in [1.165, 1.54) is 12.1 Å². The molecule has 3 aromatic carbocycles. The molecule has 0 saturated heterocycles. The summed E-state index contributed by atoms with van der Waals surface area (Å²) in [5, 5.41) is 12.2. The van der Waals surface area contributed by atoms with E-state index in [1.807, 2.05) is 18.2 Å². The molecule has 2 N–H and O–H groups in total. The van der Waals surface area contributed by atoms with Gasteiger partial charge in [0.2, 0.25) is 5.95 Å². The molecule has 0 spiro atoms. The van der Waals surface area contributed by atoms with E-state index in [2.05, 4.69) is 20.3 Å². The van der Waals surface area contributed by atoms with E-state index in [0.717, 1.165) is 0 Å². The van der Waals surface area contributed by atoms with Crippen LogP contribution in [0.1, 0.15) is 10.4 Å². The molecular formula is C23H18N4O5. The average Bonchev–Trinajstić information content (AvgIpc) is 2.80. The zero-order valence-corrected chi connectivity index (χ0v) is 16.9. The van der Waals surface area contributed by atoms with Crippen molar-refractivity contribution in [3.8, 4) is 29.3 Å². The molecule has 160 valence electrons. The van der Waals surface area contributed by atoms with Gasteiger partial charge in [0, 0.05) is 5.69 Å². The van der Waals surface area contributed by atoms with Crippen LogP contribution in [0, 0.1) is 0 Å². The van der Waals surface area contributed by atoms with E-state index < -0.39 is 5.97 Å². The van der Waals surface area contributed by atoms with Gasteiger partial charge in [-0.2, -0.15) is 9.97 Å². The number of hydrogen-bond acceptors (Lipinski definition) is 8. The maximum atomic E-state index is 11.2. The third kappa shape index (κ3) is 5.28. The fraction of sp³-hybridized carbons (Fsp3) is 0.0435. The second-order valence-electron chi connectivity index (χ2n) is 6.43. The molecule has 0 atom stereocenters. The Kier molecular flexibility index (Phi) is 6.08. The van der Waals surface area contributed by atoms with Crippen molar-refractivity contribution < 1.29 is 24.1 Å². The van der Waals surface area contributed by atoms with Crippen LogP contribution in [0.5, 0.6) is 29.3 Å². The molecule has 0 unspecified atom stereocenters. The molecule has 0 radical (unpaired) electrons. The number of benzene rings is 3. The number of carboxylic acid groups (broad SMARTS) is 1. The molecule has 0 aliphatic carbocycles. The van der Waals surface area contributed by atoms with Crippen molar-refractivity contribution in [1.29, 1.82) is 0 Å². The van der Waals surface area contributed by atoms with E-state index in [4.69, 9.17) is 14.2 Å². The van der Waals surface area contributed by atoms with Gasteiger partial charge in [-0.05, 0) is 54.6 Å². The van der Waals surface area contributed by atoms with E-state index in [-0.39, 0.29) is 23.5 Å². The van der Waals surface area contributed by atoms with Crippen LogP contribution in [0.15, 0.2) is 78.9 Å². The van der Waals surface area contributed by atoms with Gasteiger partial charge in [0.15, 0.2) is 0 Å². The summed E-state index contributed by atoms with van der Waals surface area (Å²) in [7, 11) is 1.58. The highest BCUT2D eigenvalue weighted by molar-refractivity contribution is 5.89. The van der Waals surface area contributed by atoms with Crippen molar-refractivity contribution in [3.63, 3.8) is 0 Å². The molecule has 9 heteroatoms. The minimum Gasteiger partial charge on any atom is -0.497 e. The number of anilines is 2. The quantitative estimate of drug-likeness (QED) is 0.402. The van der Waals surface area contributed by atoms with Gasteiger partial charge in [-0.1, -0.05) is 24.3 Å². The third-order valence-electron chi connectivity index (χ3n) is 4.18. The van der Waals surface area contributed by atoms with Crippen molar-refractivity contribution in [2.45, 2.75) is 0 Å². The zero-order chi connectivity index (χ0) is 22.3. The molecule has 0 amide bonds. The summed E-state index contributed by atoms with van der Waals surface area (Å²) in [5.41, 5.74) is 0.608. The lowest BCUT2D eigenvalue weighted by Crippen LogP contribution is -2.04. The van der Waals surface area contributed by atoms with Crippen LogP contribution in [-0.4, -0.2) is 33.1 Å². The van der Waals surface area contributed by atoms with Crippen molar-refractivity contribution in [3.05, 3.63) is 84.4 Å². The largest absolute Gasteiger partial charge is 0.497 e. The maximum absolute atomic E-state index is 11.2. The Morgan fingerprint density at radius 3 is 2.03 bits per heavy atom. The lowest BCUT2D eigenvalue weighted by molar-refractivity contribution is 0.0697. The molecule has 0 aliphatic rings. The fourth-order valence-corrected chi connectivity index (χ4v) is 2.69. The predicted octanol–water partition coefficient (Wildman–Crippen LogP) is 4.91. The van der Waals surface area contributed by atoms with Crippen LogP contribution in [0.2, 0.25) is 0 Å². The Labute approximate surface area is 183 Å². The second kappa shape index (κ2) is 9.43. The first-order valence-corrected chi connectivity index (χ1v) is 9.50. The average molecular weight is 430 g/mol. The summed E-state index contributed by atoms with van der Waals surface area (Å²) >= 11 is 0. The van der Waals surface area contributed by atoms with Crippen molar-refractivity contribution >= 4 is 17.6 Å². The Balaban J connectivity index is 1.64. The van der Waals surface area contributed by atoms with Crippen LogP contribution in [0.3, 0.4) is 0 Å². The fourth-order valence-electron chi connectivity index (χ4n) is 2.69. The van der Waals surface area contributed by atoms with Gasteiger partial charge < -0.3 is 24.6 Å². The number of rotatable bonds is 8. The van der Waals surface area contributed by atoms with Gasteiger partial charge in [-0.25, -0.2) is 4.79 Å². The number of carbonyl (C=O) groups is 1. The van der Waals surface area contributed by atoms with Crippen molar-refractivity contribution in [1.82, 2.24) is 15.0 Å². The van der Waals surface area contributed by atoms with E-state index in [9.17, 15) is 9.90 Å². The standard InChI is InChI=1S/C23H18N4O5/c1-30-17-10-12-19(13-11-17)32-23-26-21(24-16-7-5-6-15(14-16)20(28)29)25-22(27-23)31-18-8-3-2-4-9-18/h2-14H,1H3,(H,28,29)(H,24,25,26,27). The van der Waals surface area contributed by atoms with Gasteiger partial charge in [-0.3, -0.25) is 0 Å². The first-order chi connectivity index (χ1) is 15.6. The number of aromatic carboxylic acids is 1. The number of aromatic nitrogens is 3. The van der Waals surface area contributed by atoms with Crippen LogP contribution >= 0.6 is 0 Å². The number of carboxylic acids is 1. The SMILES string of the molecule is COc1ccc(Oc2nc(Nc3cccc(C(=O)O)c3)nc(Oc3ccccc3)n2)cc1. The summed E-state index contributed by atoms with van der Waals surface area (Å²) < 4.78 is 16.7. The van der Waals surface area contributed by atoms with Gasteiger partial charge in [0.1, 0.15) is 17.2 Å². The lowest BCUT2D eigenvalue weighted by Gasteiger charge is -2.11. The highest BCUT2D eigenvalue weighted by atomic mass is 16.5. The Hall–Kier alpha value is -4.66. The lowest BCUT2D eigenvalue weighted by atomic mass is 10.2. The Bertz CT molecular complexity index is 1220. The molecule has 32 heavy (non-hydrogen) atoms. The molecule has 0 aliphatic heterocycles. The van der Waals surface area contributed by atoms with Crippen molar-refractivity contribution in [2.24, 2.45) is 0 Å². The molecule has 4 aromatic rings. The van der Waals surface area contributed by atoms with Crippen molar-refractivity contribution in [2.75, 3.05) is 12.4 Å². The number of nitrogens with one attached hydrogen (secondary N) is 1. The van der Waals surface area contributed by atoms with Crippen LogP contribution in [0.25, 0.3) is 0 Å². The smallest absolute Gasteiger partial charge is 0.335 e. The minimum absolute atomic E-state index is 0.00611. The number of ether oxygens (including phenoxy) is 3. The monoisotopic (exact) mass is 430 g/mol. The summed E-state index contributed by atoms with van der Waals surface area (Å²) in [5.74, 6) is 0.786. The summed E-state index contributed by atoms with van der Waals surface area (Å²) in [4.78, 5) is 24.0. The first kappa shape index (κ1) is 20.6. The number of para-hydroxylation sites is 1. The molecule has 1 aromatic heterocycles. The van der Waals surface area contributed by atoms with Gasteiger partial charge in [0.05, 0.1) is 12.7 Å². The Morgan fingerprint density at radius 1 is 0.781 bits per heavy atom. The molecular weight excluding hydrogens is 412 g/mol. The second-order valence-corrected chi connectivity index (χ2v) is 6.43. The summed E-state index contributed by atoms with van der Waals surface area (Å²) in [6.07, 6.45) is 0. The highest BCUT2D eigenvalue weighted by Crippen LogP contribution is 2.26. The molecule has 1 heterocycles. The third-order valence-corrected chi connectivity index (χ3v) is 4.18. The van der Waals surface area contributed by atoms with E-state index in [0.29, 0.717) is 22.9 Å². The van der Waals surface area contributed by atoms with E-state index in [1.54, 1.807) is 55.6 Å². The van der Waals surface area contributed by atoms with Gasteiger partial charge in [-0.15, -0.1) is 4.98 Å². The first-order valence-electron chi connectivity index (χ1n) is 9.50. The summed E-state index contributed by atoms with van der Waals surface area (Å²) in [6, 6.07) is 22.2.